The molecule has 0 radical (unpaired) electrons. The van der Waals surface area contributed by atoms with Crippen molar-refractivity contribution in [2.75, 3.05) is 31.1 Å². The van der Waals surface area contributed by atoms with E-state index in [0.717, 1.165) is 45.4 Å². The molecule has 0 aromatic heterocycles. The summed E-state index contributed by atoms with van der Waals surface area (Å²) < 4.78 is 13.1. The number of likely N-dealkylation sites (tertiary alicyclic amines) is 1. The van der Waals surface area contributed by atoms with Gasteiger partial charge in [0, 0.05) is 44.0 Å². The molecule has 1 fully saturated rings. The number of anilines is 1. The van der Waals surface area contributed by atoms with E-state index in [1.807, 2.05) is 12.1 Å². The van der Waals surface area contributed by atoms with Gasteiger partial charge in [-0.2, -0.15) is 0 Å². The van der Waals surface area contributed by atoms with Gasteiger partial charge >= 0.3 is 0 Å². The van der Waals surface area contributed by atoms with Gasteiger partial charge in [0.05, 0.1) is 0 Å². The largest absolute Gasteiger partial charge is 0.367 e. The molecule has 3 nitrogen and oxygen atoms in total. The minimum atomic E-state index is -0.169. The van der Waals surface area contributed by atoms with Crippen molar-refractivity contribution in [2.45, 2.75) is 71.9 Å². The van der Waals surface area contributed by atoms with E-state index in [1.54, 1.807) is 12.1 Å². The first-order chi connectivity index (χ1) is 15.8. The molecule has 3 rings (SSSR count). The van der Waals surface area contributed by atoms with Crippen LogP contribution in [0.3, 0.4) is 0 Å². The molecule has 2 aromatic carbocycles. The molecule has 0 spiro atoms. The van der Waals surface area contributed by atoms with Crippen LogP contribution in [0.15, 0.2) is 48.5 Å². The highest BCUT2D eigenvalue weighted by Gasteiger charge is 2.29. The minimum absolute atomic E-state index is 0.169. The van der Waals surface area contributed by atoms with E-state index >= 15 is 0 Å². The molecule has 33 heavy (non-hydrogen) atoms. The van der Waals surface area contributed by atoms with Gasteiger partial charge < -0.3 is 10.6 Å². The molecular formula is C29H44FN3. The molecule has 2 atom stereocenters. The molecule has 2 unspecified atom stereocenters. The molecule has 2 aromatic rings. The quantitative estimate of drug-likeness (QED) is 0.433. The fourth-order valence-electron chi connectivity index (χ4n) is 4.96. The Morgan fingerprint density at radius 3 is 2.12 bits per heavy atom. The topological polar surface area (TPSA) is 32.5 Å². The second-order valence-corrected chi connectivity index (χ2v) is 10.8. The van der Waals surface area contributed by atoms with Gasteiger partial charge in [-0.15, -0.1) is 0 Å². The van der Waals surface area contributed by atoms with Crippen molar-refractivity contribution >= 4 is 5.69 Å². The maximum absolute atomic E-state index is 13.1. The minimum Gasteiger partial charge on any atom is -0.367 e. The highest BCUT2D eigenvalue weighted by Crippen LogP contribution is 2.25. The molecule has 0 aliphatic carbocycles. The summed E-state index contributed by atoms with van der Waals surface area (Å²) in [5.74, 6) is 1.18. The summed E-state index contributed by atoms with van der Waals surface area (Å²) in [6.07, 6.45) is 5.42. The van der Waals surface area contributed by atoms with Crippen LogP contribution in [0.2, 0.25) is 0 Å². The normalized spacial score (nSPS) is 17.8. The number of benzene rings is 2. The second kappa shape index (κ2) is 12.5. The fraction of sp³-hybridized carbons (Fsp3) is 0.586. The smallest absolute Gasteiger partial charge is 0.123 e. The number of hydrogen-bond donors (Lipinski definition) is 1. The third-order valence-electron chi connectivity index (χ3n) is 6.79. The van der Waals surface area contributed by atoms with E-state index in [9.17, 15) is 4.39 Å². The Balaban J connectivity index is 1.61. The van der Waals surface area contributed by atoms with E-state index in [2.05, 4.69) is 61.8 Å². The highest BCUT2D eigenvalue weighted by atomic mass is 19.1. The summed E-state index contributed by atoms with van der Waals surface area (Å²) >= 11 is 0. The van der Waals surface area contributed by atoms with Gasteiger partial charge in [0.2, 0.25) is 0 Å². The van der Waals surface area contributed by atoms with Gasteiger partial charge in [-0.3, -0.25) is 4.90 Å². The Bertz CT molecular complexity index is 816. The van der Waals surface area contributed by atoms with Crippen molar-refractivity contribution in [2.24, 2.45) is 17.6 Å². The van der Waals surface area contributed by atoms with E-state index in [-0.39, 0.29) is 11.9 Å². The first-order valence-electron chi connectivity index (χ1n) is 12.9. The van der Waals surface area contributed by atoms with Crippen LogP contribution in [0.4, 0.5) is 10.1 Å². The predicted octanol–water partition coefficient (Wildman–Crippen LogP) is 5.91. The van der Waals surface area contributed by atoms with Crippen LogP contribution in [0.25, 0.3) is 0 Å². The number of nitrogens with zero attached hydrogens (tertiary/aromatic N) is 2. The summed E-state index contributed by atoms with van der Waals surface area (Å²) in [6.45, 7) is 13.5. The molecule has 1 saturated heterocycles. The number of nitrogens with two attached hydrogens (primary N) is 1. The van der Waals surface area contributed by atoms with Crippen LogP contribution in [-0.4, -0.2) is 43.2 Å². The molecule has 0 amide bonds. The average molecular weight is 454 g/mol. The number of halogens is 1. The van der Waals surface area contributed by atoms with E-state index in [4.69, 9.17) is 5.73 Å². The fourth-order valence-corrected chi connectivity index (χ4v) is 4.96. The summed E-state index contributed by atoms with van der Waals surface area (Å²) in [6, 6.07) is 16.8. The molecule has 0 bridgehead atoms. The molecule has 1 aliphatic heterocycles. The van der Waals surface area contributed by atoms with Crippen molar-refractivity contribution in [3.63, 3.8) is 0 Å². The van der Waals surface area contributed by atoms with Crippen molar-refractivity contribution in [1.29, 1.82) is 0 Å². The maximum atomic E-state index is 13.1. The number of aryl methyl sites for hydroxylation is 2. The van der Waals surface area contributed by atoms with Crippen molar-refractivity contribution in [3.05, 3.63) is 65.5 Å². The molecule has 0 saturated carbocycles. The Morgan fingerprint density at radius 2 is 1.55 bits per heavy atom. The van der Waals surface area contributed by atoms with E-state index < -0.39 is 0 Å². The Hall–Kier alpha value is -1.91. The maximum Gasteiger partial charge on any atom is 0.123 e. The third kappa shape index (κ3) is 8.42. The van der Waals surface area contributed by atoms with Gasteiger partial charge in [-0.25, -0.2) is 4.39 Å². The Morgan fingerprint density at radius 1 is 0.939 bits per heavy atom. The summed E-state index contributed by atoms with van der Waals surface area (Å²) in [4.78, 5) is 5.20. The molecule has 182 valence electrons. The zero-order valence-corrected chi connectivity index (χ0v) is 21.1. The molecule has 1 aliphatic rings. The van der Waals surface area contributed by atoms with Gasteiger partial charge in [0.15, 0.2) is 0 Å². The van der Waals surface area contributed by atoms with Gasteiger partial charge in [-0.05, 0) is 79.3 Å². The molecule has 1 heterocycles. The van der Waals surface area contributed by atoms with E-state index in [1.165, 1.54) is 29.7 Å². The lowest BCUT2D eigenvalue weighted by Gasteiger charge is -2.32. The predicted molar refractivity (Wildman–Crippen MR) is 139 cm³/mol. The molecular weight excluding hydrogens is 409 g/mol. The average Bonchev–Trinajstić information content (AvgIpc) is 3.21. The molecule has 4 heteroatoms. The van der Waals surface area contributed by atoms with Gasteiger partial charge in [0.25, 0.3) is 0 Å². The zero-order valence-electron chi connectivity index (χ0n) is 21.1. The Labute approximate surface area is 201 Å². The van der Waals surface area contributed by atoms with Gasteiger partial charge in [-0.1, -0.05) is 52.0 Å². The van der Waals surface area contributed by atoms with Crippen LogP contribution in [0, 0.1) is 17.7 Å². The SMILES string of the molecule is CC(C)CCN(c1ccc(CCc2ccc(F)cc2)cc1)C1CCN(CC(N)CC(C)C)C1. The zero-order chi connectivity index (χ0) is 23.8. The van der Waals surface area contributed by atoms with Crippen molar-refractivity contribution in [1.82, 2.24) is 4.90 Å². The van der Waals surface area contributed by atoms with Crippen LogP contribution in [0.5, 0.6) is 0 Å². The first kappa shape index (κ1) is 25.7. The second-order valence-electron chi connectivity index (χ2n) is 10.8. The van der Waals surface area contributed by atoms with Crippen molar-refractivity contribution in [3.8, 4) is 0 Å². The summed E-state index contributed by atoms with van der Waals surface area (Å²) in [5, 5.41) is 0. The van der Waals surface area contributed by atoms with Crippen LogP contribution in [0.1, 0.15) is 58.1 Å². The number of rotatable bonds is 12. The van der Waals surface area contributed by atoms with Crippen molar-refractivity contribution < 1.29 is 4.39 Å². The molecule has 2 N–H and O–H groups in total. The Kier molecular flexibility index (Phi) is 9.76. The monoisotopic (exact) mass is 453 g/mol. The van der Waals surface area contributed by atoms with Gasteiger partial charge in [0.1, 0.15) is 5.82 Å². The first-order valence-corrected chi connectivity index (χ1v) is 12.9. The lowest BCUT2D eigenvalue weighted by atomic mass is 10.0. The standard InChI is InChI=1S/C29H44FN3/c1-22(2)15-18-33(29-16-17-32(21-29)20-27(31)19-23(3)4)28-13-9-25(10-14-28)6-5-24-7-11-26(30)12-8-24/h7-14,22-23,27,29H,5-6,15-21,31H2,1-4H3. The van der Waals surface area contributed by atoms with Crippen LogP contribution in [-0.2, 0) is 12.8 Å². The summed E-state index contributed by atoms with van der Waals surface area (Å²) in [7, 11) is 0. The number of hydrogen-bond acceptors (Lipinski definition) is 3. The lowest BCUT2D eigenvalue weighted by Crippen LogP contribution is -2.41. The van der Waals surface area contributed by atoms with E-state index in [0.29, 0.717) is 17.9 Å². The lowest BCUT2D eigenvalue weighted by molar-refractivity contribution is 0.291. The third-order valence-corrected chi connectivity index (χ3v) is 6.79. The van der Waals surface area contributed by atoms with Crippen LogP contribution < -0.4 is 10.6 Å². The van der Waals surface area contributed by atoms with Crippen LogP contribution >= 0.6 is 0 Å². The highest BCUT2D eigenvalue weighted by molar-refractivity contribution is 5.49. The summed E-state index contributed by atoms with van der Waals surface area (Å²) in [5.41, 5.74) is 10.3.